The van der Waals surface area contributed by atoms with E-state index in [1.807, 2.05) is 61.9 Å². The molecule has 7 nitrogen and oxygen atoms in total. The van der Waals surface area contributed by atoms with Crippen LogP contribution in [0, 0.1) is 26.7 Å². The highest BCUT2D eigenvalue weighted by Gasteiger charge is 2.31. The molecule has 7 heteroatoms. The molecular weight excluding hydrogens is 368 g/mol. The number of carbonyl (C=O) groups excluding carboxylic acids is 1. The summed E-state index contributed by atoms with van der Waals surface area (Å²) in [6, 6.07) is 11.9. The number of nitrogens with one attached hydrogen (secondary N) is 1. The SMILES string of the molecule is Cc1cc(CC2COCC2NC(=O)Cc2c(C)nn(-c3ccccc3)c2C)on1. The molecule has 1 aliphatic rings. The summed E-state index contributed by atoms with van der Waals surface area (Å²) >= 11 is 0. The molecule has 1 fully saturated rings. The van der Waals surface area contributed by atoms with Crippen LogP contribution in [0.3, 0.4) is 0 Å². The second kappa shape index (κ2) is 8.21. The van der Waals surface area contributed by atoms with Gasteiger partial charge >= 0.3 is 0 Å². The summed E-state index contributed by atoms with van der Waals surface area (Å²) in [7, 11) is 0. The molecule has 1 N–H and O–H groups in total. The van der Waals surface area contributed by atoms with Gasteiger partial charge in [0.2, 0.25) is 5.91 Å². The zero-order valence-corrected chi connectivity index (χ0v) is 17.0. The highest BCUT2D eigenvalue weighted by molar-refractivity contribution is 5.79. The Hall–Kier alpha value is -2.93. The summed E-state index contributed by atoms with van der Waals surface area (Å²) < 4.78 is 12.8. The predicted octanol–water partition coefficient (Wildman–Crippen LogP) is 2.70. The molecule has 1 amide bonds. The van der Waals surface area contributed by atoms with Crippen molar-refractivity contribution in [2.75, 3.05) is 13.2 Å². The maximum absolute atomic E-state index is 12.8. The van der Waals surface area contributed by atoms with E-state index in [1.54, 1.807) is 0 Å². The summed E-state index contributed by atoms with van der Waals surface area (Å²) in [6.07, 6.45) is 1.00. The minimum absolute atomic E-state index is 0.0157. The van der Waals surface area contributed by atoms with Gasteiger partial charge in [0.05, 0.1) is 42.8 Å². The van der Waals surface area contributed by atoms with Crippen molar-refractivity contribution in [3.63, 3.8) is 0 Å². The van der Waals surface area contributed by atoms with Gasteiger partial charge in [-0.25, -0.2) is 4.68 Å². The number of aryl methyl sites for hydroxylation is 2. The Balaban J connectivity index is 1.42. The van der Waals surface area contributed by atoms with Crippen LogP contribution < -0.4 is 5.32 Å². The van der Waals surface area contributed by atoms with Crippen LogP contribution in [0.4, 0.5) is 0 Å². The van der Waals surface area contributed by atoms with Crippen molar-refractivity contribution in [3.05, 3.63) is 64.8 Å². The molecule has 0 bridgehead atoms. The smallest absolute Gasteiger partial charge is 0.224 e. The Morgan fingerprint density at radius 3 is 2.72 bits per heavy atom. The number of para-hydroxylation sites is 1. The van der Waals surface area contributed by atoms with E-state index in [-0.39, 0.29) is 17.9 Å². The number of carbonyl (C=O) groups is 1. The number of aromatic nitrogens is 3. The monoisotopic (exact) mass is 394 g/mol. The molecule has 0 radical (unpaired) electrons. The Morgan fingerprint density at radius 2 is 2.00 bits per heavy atom. The van der Waals surface area contributed by atoms with Gasteiger partial charge in [-0.1, -0.05) is 23.4 Å². The van der Waals surface area contributed by atoms with Crippen LogP contribution in [0.15, 0.2) is 40.9 Å². The largest absolute Gasteiger partial charge is 0.379 e. The standard InChI is InChI=1S/C22H26N4O3/c1-14-9-19(29-25-14)10-17-12-28-13-21(17)23-22(27)11-20-15(2)24-26(16(20)3)18-7-5-4-6-8-18/h4-9,17,21H,10-13H2,1-3H3,(H,23,27). The maximum Gasteiger partial charge on any atom is 0.224 e. The van der Waals surface area contributed by atoms with Gasteiger partial charge in [-0.2, -0.15) is 5.10 Å². The molecule has 1 aliphatic heterocycles. The van der Waals surface area contributed by atoms with Crippen LogP contribution in [-0.2, 0) is 22.4 Å². The summed E-state index contributed by atoms with van der Waals surface area (Å²) in [5.41, 5.74) is 4.68. The van der Waals surface area contributed by atoms with Crippen molar-refractivity contribution in [2.45, 2.75) is 39.7 Å². The molecule has 0 aliphatic carbocycles. The summed E-state index contributed by atoms with van der Waals surface area (Å²) in [5, 5.41) is 11.7. The summed E-state index contributed by atoms with van der Waals surface area (Å²) in [6.45, 7) is 6.98. The number of amides is 1. The quantitative estimate of drug-likeness (QED) is 0.695. The Bertz CT molecular complexity index is 993. The normalized spacial score (nSPS) is 18.9. The van der Waals surface area contributed by atoms with Crippen molar-refractivity contribution < 1.29 is 14.1 Å². The molecule has 0 saturated carbocycles. The zero-order chi connectivity index (χ0) is 20.4. The van der Waals surface area contributed by atoms with Crippen molar-refractivity contribution in [2.24, 2.45) is 5.92 Å². The fraction of sp³-hybridized carbons (Fsp3) is 0.409. The maximum atomic E-state index is 12.8. The van der Waals surface area contributed by atoms with E-state index in [0.717, 1.165) is 34.1 Å². The lowest BCUT2D eigenvalue weighted by Gasteiger charge is -2.18. The van der Waals surface area contributed by atoms with E-state index in [9.17, 15) is 4.79 Å². The molecule has 3 aromatic rings. The van der Waals surface area contributed by atoms with Crippen molar-refractivity contribution >= 4 is 5.91 Å². The van der Waals surface area contributed by atoms with Crippen molar-refractivity contribution in [3.8, 4) is 5.69 Å². The van der Waals surface area contributed by atoms with Crippen molar-refractivity contribution in [1.82, 2.24) is 20.3 Å². The van der Waals surface area contributed by atoms with Gasteiger partial charge in [-0.3, -0.25) is 4.79 Å². The van der Waals surface area contributed by atoms with Gasteiger partial charge in [0.15, 0.2) is 0 Å². The molecule has 2 unspecified atom stereocenters. The second-order valence-corrected chi connectivity index (χ2v) is 7.68. The lowest BCUT2D eigenvalue weighted by Crippen LogP contribution is -2.41. The highest BCUT2D eigenvalue weighted by Crippen LogP contribution is 2.21. The third kappa shape index (κ3) is 4.24. The third-order valence-corrected chi connectivity index (χ3v) is 5.46. The van der Waals surface area contributed by atoms with Crippen LogP contribution in [0.5, 0.6) is 0 Å². The molecular formula is C22H26N4O3. The van der Waals surface area contributed by atoms with Crippen LogP contribution in [0.2, 0.25) is 0 Å². The fourth-order valence-electron chi connectivity index (χ4n) is 3.90. The molecule has 29 heavy (non-hydrogen) atoms. The first-order valence-electron chi connectivity index (χ1n) is 9.91. The second-order valence-electron chi connectivity index (χ2n) is 7.68. The van der Waals surface area contributed by atoms with E-state index in [2.05, 4.69) is 15.6 Å². The number of hydrogen-bond donors (Lipinski definition) is 1. The first kappa shape index (κ1) is 19.4. The minimum atomic E-state index is -0.0299. The highest BCUT2D eigenvalue weighted by atomic mass is 16.5. The van der Waals surface area contributed by atoms with Gasteiger partial charge in [-0.15, -0.1) is 0 Å². The van der Waals surface area contributed by atoms with Crippen LogP contribution >= 0.6 is 0 Å². The number of benzene rings is 1. The predicted molar refractivity (Wildman–Crippen MR) is 108 cm³/mol. The van der Waals surface area contributed by atoms with E-state index in [4.69, 9.17) is 9.26 Å². The first-order valence-corrected chi connectivity index (χ1v) is 9.91. The van der Waals surface area contributed by atoms with E-state index in [1.165, 1.54) is 0 Å². The molecule has 0 spiro atoms. The van der Waals surface area contributed by atoms with E-state index < -0.39 is 0 Å². The molecule has 1 saturated heterocycles. The van der Waals surface area contributed by atoms with Crippen LogP contribution in [0.1, 0.15) is 28.4 Å². The Kier molecular flexibility index (Phi) is 5.49. The summed E-state index contributed by atoms with van der Waals surface area (Å²) in [4.78, 5) is 12.8. The van der Waals surface area contributed by atoms with Crippen LogP contribution in [-0.4, -0.2) is 40.1 Å². The number of ether oxygens (including phenoxy) is 1. The molecule has 2 atom stereocenters. The number of nitrogens with zero attached hydrogens (tertiary/aromatic N) is 3. The van der Waals surface area contributed by atoms with Gasteiger partial charge in [0.1, 0.15) is 5.76 Å². The lowest BCUT2D eigenvalue weighted by molar-refractivity contribution is -0.121. The average molecular weight is 394 g/mol. The molecule has 4 rings (SSSR count). The van der Waals surface area contributed by atoms with Gasteiger partial charge < -0.3 is 14.6 Å². The van der Waals surface area contributed by atoms with Gasteiger partial charge in [0.25, 0.3) is 0 Å². The zero-order valence-electron chi connectivity index (χ0n) is 17.0. The van der Waals surface area contributed by atoms with Crippen molar-refractivity contribution in [1.29, 1.82) is 0 Å². The third-order valence-electron chi connectivity index (χ3n) is 5.46. The Labute approximate surface area is 170 Å². The van der Waals surface area contributed by atoms with E-state index >= 15 is 0 Å². The number of rotatable bonds is 6. The summed E-state index contributed by atoms with van der Waals surface area (Å²) in [5.74, 6) is 0.992. The Morgan fingerprint density at radius 1 is 1.21 bits per heavy atom. The first-order chi connectivity index (χ1) is 14.0. The minimum Gasteiger partial charge on any atom is -0.379 e. The average Bonchev–Trinajstić information content (AvgIpc) is 3.39. The molecule has 3 heterocycles. The molecule has 152 valence electrons. The lowest BCUT2D eigenvalue weighted by atomic mass is 9.97. The van der Waals surface area contributed by atoms with E-state index in [0.29, 0.717) is 26.1 Å². The van der Waals surface area contributed by atoms with Crippen LogP contribution in [0.25, 0.3) is 5.69 Å². The fourth-order valence-corrected chi connectivity index (χ4v) is 3.90. The number of hydrogen-bond acceptors (Lipinski definition) is 5. The van der Waals surface area contributed by atoms with Gasteiger partial charge in [0, 0.05) is 29.7 Å². The topological polar surface area (TPSA) is 82.2 Å². The molecule has 1 aromatic carbocycles. The van der Waals surface area contributed by atoms with Gasteiger partial charge in [-0.05, 0) is 32.9 Å². The molecule has 2 aromatic heterocycles.